The van der Waals surface area contributed by atoms with Crippen LogP contribution in [-0.2, 0) is 6.42 Å². The molecular weight excluding hydrogens is 210 g/mol. The highest BCUT2D eigenvalue weighted by Crippen LogP contribution is 2.29. The summed E-state index contributed by atoms with van der Waals surface area (Å²) < 4.78 is 5.41. The number of aliphatic hydroxyl groups excluding tert-OH is 1. The second kappa shape index (κ2) is 5.03. The van der Waals surface area contributed by atoms with Crippen LogP contribution in [0.5, 0.6) is 0 Å². The zero-order chi connectivity index (χ0) is 10.7. The molecule has 1 aliphatic heterocycles. The van der Waals surface area contributed by atoms with Crippen molar-refractivity contribution >= 4 is 11.8 Å². The first-order valence-corrected chi connectivity index (χ1v) is 6.51. The van der Waals surface area contributed by atoms with E-state index in [2.05, 4.69) is 4.98 Å². The third kappa shape index (κ3) is 2.75. The number of oxazole rings is 1. The van der Waals surface area contributed by atoms with Gasteiger partial charge in [-0.05, 0) is 18.6 Å². The van der Waals surface area contributed by atoms with Gasteiger partial charge in [0.25, 0.3) is 0 Å². The first-order valence-electron chi connectivity index (χ1n) is 5.46. The Labute approximate surface area is 94.3 Å². The molecule has 1 saturated heterocycles. The topological polar surface area (TPSA) is 46.3 Å². The highest BCUT2D eigenvalue weighted by molar-refractivity contribution is 8.00. The van der Waals surface area contributed by atoms with Crippen LogP contribution in [0.15, 0.2) is 10.7 Å². The molecule has 2 heterocycles. The van der Waals surface area contributed by atoms with E-state index in [1.54, 1.807) is 6.26 Å². The first kappa shape index (κ1) is 11.0. The van der Waals surface area contributed by atoms with Gasteiger partial charge < -0.3 is 9.52 Å². The molecule has 1 aromatic heterocycles. The predicted molar refractivity (Wildman–Crippen MR) is 61.2 cm³/mol. The van der Waals surface area contributed by atoms with Crippen LogP contribution in [-0.4, -0.2) is 27.7 Å². The highest BCUT2D eigenvalue weighted by atomic mass is 32.2. The Morgan fingerprint density at radius 3 is 3.27 bits per heavy atom. The van der Waals surface area contributed by atoms with Gasteiger partial charge in [0, 0.05) is 17.6 Å². The van der Waals surface area contributed by atoms with Gasteiger partial charge >= 0.3 is 0 Å². The molecule has 1 aromatic rings. The molecule has 0 amide bonds. The van der Waals surface area contributed by atoms with Gasteiger partial charge in [0.15, 0.2) is 5.89 Å². The Balaban J connectivity index is 1.94. The van der Waals surface area contributed by atoms with Gasteiger partial charge in [0.05, 0.1) is 12.3 Å². The minimum absolute atomic E-state index is 0.0822. The van der Waals surface area contributed by atoms with Crippen molar-refractivity contribution in [3.8, 4) is 0 Å². The van der Waals surface area contributed by atoms with E-state index in [1.807, 2.05) is 18.7 Å². The Bertz CT molecular complexity index is 307. The zero-order valence-electron chi connectivity index (χ0n) is 8.98. The molecule has 0 saturated carbocycles. The summed E-state index contributed by atoms with van der Waals surface area (Å²) in [5.74, 6) is 2.18. The van der Waals surface area contributed by atoms with E-state index >= 15 is 0 Å². The maximum Gasteiger partial charge on any atom is 0.195 e. The normalized spacial score (nSPS) is 23.2. The van der Waals surface area contributed by atoms with Crippen LogP contribution < -0.4 is 0 Å². The van der Waals surface area contributed by atoms with Gasteiger partial charge in [0.1, 0.15) is 6.26 Å². The van der Waals surface area contributed by atoms with Crippen molar-refractivity contribution in [2.75, 3.05) is 12.4 Å². The lowest BCUT2D eigenvalue weighted by Crippen LogP contribution is -2.03. The zero-order valence-corrected chi connectivity index (χ0v) is 9.80. The number of rotatable bonds is 4. The fraction of sp³-hybridized carbons (Fsp3) is 0.727. The number of thioether (sulfide) groups is 1. The van der Waals surface area contributed by atoms with E-state index in [9.17, 15) is 0 Å². The van der Waals surface area contributed by atoms with E-state index in [1.165, 1.54) is 18.6 Å². The number of aromatic nitrogens is 1. The molecule has 0 radical (unpaired) electrons. The largest absolute Gasteiger partial charge is 0.449 e. The maximum atomic E-state index is 9.00. The van der Waals surface area contributed by atoms with Crippen molar-refractivity contribution in [1.29, 1.82) is 0 Å². The second-order valence-electron chi connectivity index (χ2n) is 4.09. The Kier molecular flexibility index (Phi) is 3.70. The summed E-state index contributed by atoms with van der Waals surface area (Å²) in [6, 6.07) is 0. The van der Waals surface area contributed by atoms with E-state index in [0.29, 0.717) is 5.25 Å². The van der Waals surface area contributed by atoms with Gasteiger partial charge in [-0.2, -0.15) is 11.8 Å². The average Bonchev–Trinajstić information content (AvgIpc) is 2.88. The van der Waals surface area contributed by atoms with Crippen molar-refractivity contribution in [2.45, 2.75) is 37.4 Å². The third-order valence-corrected chi connectivity index (χ3v) is 4.17. The number of aliphatic hydroxyl groups is 1. The molecular formula is C11H17NO2S. The van der Waals surface area contributed by atoms with Crippen molar-refractivity contribution in [3.63, 3.8) is 0 Å². The summed E-state index contributed by atoms with van der Waals surface area (Å²) in [6.45, 7) is 2.08. The minimum Gasteiger partial charge on any atom is -0.449 e. The summed E-state index contributed by atoms with van der Waals surface area (Å²) in [5, 5.41) is 9.68. The summed E-state index contributed by atoms with van der Waals surface area (Å²) >= 11 is 2.01. The lowest BCUT2D eigenvalue weighted by Gasteiger charge is -2.03. The summed E-state index contributed by atoms with van der Waals surface area (Å²) in [5.41, 5.74) is 0.871. The van der Waals surface area contributed by atoms with Crippen LogP contribution in [0.25, 0.3) is 0 Å². The summed E-state index contributed by atoms with van der Waals surface area (Å²) in [6.07, 6.45) is 5.20. The van der Waals surface area contributed by atoms with Crippen LogP contribution in [0.2, 0.25) is 0 Å². The van der Waals surface area contributed by atoms with E-state index in [0.717, 1.165) is 18.0 Å². The number of nitrogens with zero attached hydrogens (tertiary/aromatic N) is 1. The van der Waals surface area contributed by atoms with Crippen LogP contribution in [0.4, 0.5) is 0 Å². The molecule has 1 N–H and O–H groups in total. The van der Waals surface area contributed by atoms with Crippen LogP contribution >= 0.6 is 11.8 Å². The number of hydrogen-bond donors (Lipinski definition) is 1. The lowest BCUT2D eigenvalue weighted by molar-refractivity contribution is 0.271. The van der Waals surface area contributed by atoms with Crippen molar-refractivity contribution < 1.29 is 9.52 Å². The fourth-order valence-electron chi connectivity index (χ4n) is 1.74. The summed E-state index contributed by atoms with van der Waals surface area (Å²) in [4.78, 5) is 4.40. The molecule has 1 fully saturated rings. The van der Waals surface area contributed by atoms with Crippen LogP contribution in [0.3, 0.4) is 0 Å². The monoisotopic (exact) mass is 227 g/mol. The Morgan fingerprint density at radius 1 is 1.73 bits per heavy atom. The van der Waals surface area contributed by atoms with Gasteiger partial charge in [-0.15, -0.1) is 0 Å². The van der Waals surface area contributed by atoms with Crippen LogP contribution in [0.1, 0.15) is 37.3 Å². The molecule has 2 unspecified atom stereocenters. The predicted octanol–water partition coefficient (Wildman–Crippen LogP) is 2.21. The SMILES string of the molecule is CC(CO)c1coc(CC2CCCS2)n1. The van der Waals surface area contributed by atoms with Gasteiger partial charge in [-0.3, -0.25) is 0 Å². The van der Waals surface area contributed by atoms with Crippen LogP contribution in [0, 0.1) is 0 Å². The second-order valence-corrected chi connectivity index (χ2v) is 5.50. The molecule has 3 nitrogen and oxygen atoms in total. The first-order chi connectivity index (χ1) is 7.29. The summed E-state index contributed by atoms with van der Waals surface area (Å²) in [7, 11) is 0. The van der Waals surface area contributed by atoms with Gasteiger partial charge in [0.2, 0.25) is 0 Å². The fourth-order valence-corrected chi connectivity index (χ4v) is 3.00. The molecule has 0 bridgehead atoms. The van der Waals surface area contributed by atoms with Gasteiger partial charge in [-0.25, -0.2) is 4.98 Å². The molecule has 0 aliphatic carbocycles. The molecule has 0 aromatic carbocycles. The lowest BCUT2D eigenvalue weighted by atomic mass is 10.1. The van der Waals surface area contributed by atoms with Crippen molar-refractivity contribution in [1.82, 2.24) is 4.98 Å². The molecule has 1 aliphatic rings. The minimum atomic E-state index is 0.0822. The third-order valence-electron chi connectivity index (χ3n) is 2.77. The molecule has 84 valence electrons. The smallest absolute Gasteiger partial charge is 0.195 e. The average molecular weight is 227 g/mol. The van der Waals surface area contributed by atoms with Gasteiger partial charge in [-0.1, -0.05) is 6.92 Å². The molecule has 4 heteroatoms. The van der Waals surface area contributed by atoms with E-state index < -0.39 is 0 Å². The maximum absolute atomic E-state index is 9.00. The molecule has 2 atom stereocenters. The molecule has 15 heavy (non-hydrogen) atoms. The van der Waals surface area contributed by atoms with Crippen molar-refractivity contribution in [2.24, 2.45) is 0 Å². The Hall–Kier alpha value is -0.480. The number of hydrogen-bond acceptors (Lipinski definition) is 4. The van der Waals surface area contributed by atoms with E-state index in [-0.39, 0.29) is 12.5 Å². The standard InChI is InChI=1S/C11H17NO2S/c1-8(6-13)10-7-14-11(12-10)5-9-3-2-4-15-9/h7-9,13H,2-6H2,1H3. The highest BCUT2D eigenvalue weighted by Gasteiger charge is 2.19. The van der Waals surface area contributed by atoms with Crippen molar-refractivity contribution in [3.05, 3.63) is 17.8 Å². The Morgan fingerprint density at radius 2 is 2.60 bits per heavy atom. The quantitative estimate of drug-likeness (QED) is 0.856. The molecule has 0 spiro atoms. The van der Waals surface area contributed by atoms with E-state index in [4.69, 9.17) is 9.52 Å². The molecule has 2 rings (SSSR count).